The quantitative estimate of drug-likeness (QED) is 0.652. The molecule has 2 heterocycles. The van der Waals surface area contributed by atoms with Crippen LogP contribution in [0.4, 0.5) is 0 Å². The average molecular weight is 316 g/mol. The minimum Gasteiger partial charge on any atom is -0.503 e. The number of aliphatic carboxylic acids is 1. The minimum atomic E-state index is -1.33. The second-order valence-electron chi connectivity index (χ2n) is 5.47. The molecule has 120 valence electrons. The van der Waals surface area contributed by atoms with Crippen LogP contribution in [0, 0.1) is 0 Å². The van der Waals surface area contributed by atoms with Crippen molar-refractivity contribution < 1.29 is 24.9 Å². The molecule has 4 N–H and O–H groups in total. The minimum absolute atomic E-state index is 0.215. The molecule has 2 aromatic rings. The second-order valence-corrected chi connectivity index (χ2v) is 5.47. The highest BCUT2D eigenvalue weighted by Gasteiger charge is 2.37. The second kappa shape index (κ2) is 5.77. The largest absolute Gasteiger partial charge is 0.503 e. The van der Waals surface area contributed by atoms with Gasteiger partial charge in [-0.05, 0) is 18.1 Å². The fourth-order valence-corrected chi connectivity index (χ4v) is 2.87. The standard InChI is InChI=1S/C16H16N2O5/c19-8-10(18-7-12(16(22)23)14(20)15(18)21)5-9-6-17-13-4-2-1-3-11(9)13/h1-4,6,10,17,19-20H,5,7-8H2,(H,22,23). The predicted molar refractivity (Wildman–Crippen MR) is 81.9 cm³/mol. The van der Waals surface area contributed by atoms with Crippen LogP contribution in [0.25, 0.3) is 10.9 Å². The first-order valence-electron chi connectivity index (χ1n) is 7.15. The van der Waals surface area contributed by atoms with E-state index >= 15 is 0 Å². The van der Waals surface area contributed by atoms with Crippen molar-refractivity contribution in [2.24, 2.45) is 0 Å². The van der Waals surface area contributed by atoms with E-state index in [2.05, 4.69) is 4.98 Å². The summed E-state index contributed by atoms with van der Waals surface area (Å²) in [5.74, 6) is -2.85. The Bertz CT molecular complexity index is 808. The number of rotatable bonds is 5. The number of aromatic amines is 1. The summed E-state index contributed by atoms with van der Waals surface area (Å²) in [6.07, 6.45) is 2.16. The Morgan fingerprint density at radius 1 is 1.35 bits per heavy atom. The number of carbonyl (C=O) groups is 2. The van der Waals surface area contributed by atoms with Crippen molar-refractivity contribution in [1.82, 2.24) is 9.88 Å². The lowest BCUT2D eigenvalue weighted by molar-refractivity contribution is -0.133. The van der Waals surface area contributed by atoms with Gasteiger partial charge in [-0.2, -0.15) is 0 Å². The summed E-state index contributed by atoms with van der Waals surface area (Å²) in [4.78, 5) is 27.4. The van der Waals surface area contributed by atoms with Gasteiger partial charge in [-0.1, -0.05) is 18.2 Å². The van der Waals surface area contributed by atoms with Gasteiger partial charge in [0.05, 0.1) is 19.2 Å². The van der Waals surface area contributed by atoms with E-state index in [9.17, 15) is 19.8 Å². The van der Waals surface area contributed by atoms with Crippen LogP contribution in [0.2, 0.25) is 0 Å². The number of hydrogen-bond acceptors (Lipinski definition) is 4. The number of para-hydroxylation sites is 1. The molecule has 0 aliphatic carbocycles. The molecule has 1 atom stereocenters. The molecule has 7 heteroatoms. The van der Waals surface area contributed by atoms with Gasteiger partial charge in [0.2, 0.25) is 0 Å². The van der Waals surface area contributed by atoms with Crippen molar-refractivity contribution in [2.75, 3.05) is 13.2 Å². The number of fused-ring (bicyclic) bond motifs is 1. The Morgan fingerprint density at radius 3 is 2.74 bits per heavy atom. The van der Waals surface area contributed by atoms with Gasteiger partial charge in [0.1, 0.15) is 5.57 Å². The number of nitrogens with one attached hydrogen (secondary N) is 1. The maximum Gasteiger partial charge on any atom is 0.337 e. The fourth-order valence-electron chi connectivity index (χ4n) is 2.87. The number of carboxylic acids is 1. The maximum absolute atomic E-state index is 12.0. The number of carboxylic acid groups (broad SMARTS) is 1. The number of aromatic nitrogens is 1. The van der Waals surface area contributed by atoms with Crippen molar-refractivity contribution in [3.05, 3.63) is 47.4 Å². The molecular weight excluding hydrogens is 300 g/mol. The molecular formula is C16H16N2O5. The van der Waals surface area contributed by atoms with Crippen LogP contribution in [0.1, 0.15) is 5.56 Å². The van der Waals surface area contributed by atoms with Crippen molar-refractivity contribution in [3.8, 4) is 0 Å². The summed E-state index contributed by atoms with van der Waals surface area (Å²) in [6.45, 7) is -0.543. The molecule has 23 heavy (non-hydrogen) atoms. The molecule has 3 rings (SSSR count). The molecule has 1 unspecified atom stereocenters. The maximum atomic E-state index is 12.0. The zero-order chi connectivity index (χ0) is 16.6. The highest BCUT2D eigenvalue weighted by atomic mass is 16.4. The van der Waals surface area contributed by atoms with E-state index < -0.39 is 23.7 Å². The zero-order valence-corrected chi connectivity index (χ0v) is 12.2. The molecule has 0 fully saturated rings. The smallest absolute Gasteiger partial charge is 0.337 e. The third-order valence-electron chi connectivity index (χ3n) is 4.12. The van der Waals surface area contributed by atoms with Crippen LogP contribution in [-0.4, -0.2) is 56.3 Å². The number of aliphatic hydroxyl groups excluding tert-OH is 2. The van der Waals surface area contributed by atoms with Gasteiger partial charge in [-0.15, -0.1) is 0 Å². The van der Waals surface area contributed by atoms with E-state index in [0.29, 0.717) is 6.42 Å². The van der Waals surface area contributed by atoms with E-state index in [1.807, 2.05) is 24.3 Å². The summed E-state index contributed by atoms with van der Waals surface area (Å²) in [5, 5.41) is 29.3. The number of H-pyrrole nitrogens is 1. The van der Waals surface area contributed by atoms with Gasteiger partial charge in [0, 0.05) is 17.1 Å². The van der Waals surface area contributed by atoms with Gasteiger partial charge < -0.3 is 25.2 Å². The monoisotopic (exact) mass is 316 g/mol. The molecule has 7 nitrogen and oxygen atoms in total. The topological polar surface area (TPSA) is 114 Å². The summed E-state index contributed by atoms with van der Waals surface area (Å²) in [5.41, 5.74) is 1.52. The summed E-state index contributed by atoms with van der Waals surface area (Å²) >= 11 is 0. The lowest BCUT2D eigenvalue weighted by Crippen LogP contribution is -2.42. The van der Waals surface area contributed by atoms with Gasteiger partial charge in [-0.25, -0.2) is 4.79 Å². The van der Waals surface area contributed by atoms with Gasteiger partial charge >= 0.3 is 5.97 Å². The number of amides is 1. The van der Waals surface area contributed by atoms with Gasteiger partial charge in [-0.3, -0.25) is 4.79 Å². The number of nitrogens with zero attached hydrogens (tertiary/aromatic N) is 1. The molecule has 1 aromatic heterocycles. The highest BCUT2D eigenvalue weighted by Crippen LogP contribution is 2.24. The zero-order valence-electron chi connectivity index (χ0n) is 12.2. The molecule has 0 bridgehead atoms. The molecule has 1 aliphatic rings. The third kappa shape index (κ3) is 2.55. The number of aliphatic hydroxyl groups is 2. The summed E-state index contributed by atoms with van der Waals surface area (Å²) < 4.78 is 0. The van der Waals surface area contributed by atoms with Crippen LogP contribution in [0.15, 0.2) is 41.8 Å². The van der Waals surface area contributed by atoms with E-state index in [1.165, 1.54) is 4.90 Å². The van der Waals surface area contributed by atoms with Gasteiger partial charge in [0.15, 0.2) is 5.76 Å². The van der Waals surface area contributed by atoms with Crippen molar-refractivity contribution >= 4 is 22.8 Å². The van der Waals surface area contributed by atoms with Crippen LogP contribution < -0.4 is 0 Å². The van der Waals surface area contributed by atoms with E-state index in [0.717, 1.165) is 16.5 Å². The molecule has 0 spiro atoms. The fraction of sp³-hybridized carbons (Fsp3) is 0.250. The SMILES string of the molecule is O=C(O)C1=C(O)C(=O)N(C(CO)Cc2c[nH]c3ccccc23)C1. The van der Waals surface area contributed by atoms with E-state index in [1.54, 1.807) is 6.20 Å². The lowest BCUT2D eigenvalue weighted by atomic mass is 10.0. The first-order chi connectivity index (χ1) is 11.0. The highest BCUT2D eigenvalue weighted by molar-refractivity contribution is 6.04. The van der Waals surface area contributed by atoms with Crippen molar-refractivity contribution in [2.45, 2.75) is 12.5 Å². The first kappa shape index (κ1) is 15.1. The van der Waals surface area contributed by atoms with E-state index in [4.69, 9.17) is 5.11 Å². The Labute approximate surface area is 131 Å². The molecule has 0 radical (unpaired) electrons. The normalized spacial score (nSPS) is 16.4. The molecule has 1 aliphatic heterocycles. The Morgan fingerprint density at radius 2 is 2.09 bits per heavy atom. The number of carbonyl (C=O) groups excluding carboxylic acids is 1. The Hall–Kier alpha value is -2.80. The average Bonchev–Trinajstić information content (AvgIpc) is 3.08. The van der Waals surface area contributed by atoms with Crippen molar-refractivity contribution in [3.63, 3.8) is 0 Å². The predicted octanol–water partition coefficient (Wildman–Crippen LogP) is 0.810. The third-order valence-corrected chi connectivity index (χ3v) is 4.12. The lowest BCUT2D eigenvalue weighted by Gasteiger charge is -2.26. The number of benzene rings is 1. The van der Waals surface area contributed by atoms with Gasteiger partial charge in [0.25, 0.3) is 5.91 Å². The summed E-state index contributed by atoms with van der Waals surface area (Å²) in [6, 6.07) is 7.03. The van der Waals surface area contributed by atoms with Crippen molar-refractivity contribution in [1.29, 1.82) is 0 Å². The molecule has 0 saturated carbocycles. The molecule has 1 amide bonds. The number of hydrogen-bond donors (Lipinski definition) is 4. The van der Waals surface area contributed by atoms with Crippen LogP contribution in [0.3, 0.4) is 0 Å². The summed E-state index contributed by atoms with van der Waals surface area (Å²) in [7, 11) is 0. The molecule has 0 saturated heterocycles. The van der Waals surface area contributed by atoms with Crippen LogP contribution in [-0.2, 0) is 16.0 Å². The Balaban J connectivity index is 1.84. The van der Waals surface area contributed by atoms with Crippen LogP contribution >= 0.6 is 0 Å². The first-order valence-corrected chi connectivity index (χ1v) is 7.15. The molecule has 1 aromatic carbocycles. The van der Waals surface area contributed by atoms with E-state index in [-0.39, 0.29) is 18.7 Å². The van der Waals surface area contributed by atoms with Crippen LogP contribution in [0.5, 0.6) is 0 Å². The Kier molecular flexibility index (Phi) is 3.79.